The summed E-state index contributed by atoms with van der Waals surface area (Å²) in [5.74, 6) is -1.37. The molecule has 26 heavy (non-hydrogen) atoms. The van der Waals surface area contributed by atoms with Crippen LogP contribution >= 0.6 is 0 Å². The summed E-state index contributed by atoms with van der Waals surface area (Å²) in [7, 11) is 0. The predicted molar refractivity (Wildman–Crippen MR) is 97.6 cm³/mol. The highest BCUT2D eigenvalue weighted by Gasteiger charge is 2.11. The first-order valence-corrected chi connectivity index (χ1v) is 9.07. The molecule has 0 saturated heterocycles. The van der Waals surface area contributed by atoms with Crippen molar-refractivity contribution in [3.63, 3.8) is 0 Å². The topological polar surface area (TPSA) is 87.3 Å². The molecule has 1 aromatic rings. The zero-order valence-electron chi connectivity index (χ0n) is 15.4. The number of unbranched alkanes of at least 4 members (excludes halogenated alkanes) is 1. The maximum absolute atomic E-state index is 13.0. The van der Waals surface area contributed by atoms with Crippen LogP contribution in [-0.4, -0.2) is 24.3 Å². The van der Waals surface area contributed by atoms with Crippen LogP contribution in [0.15, 0.2) is 24.3 Å². The van der Waals surface area contributed by atoms with Crippen LogP contribution in [0.2, 0.25) is 0 Å². The Labute approximate surface area is 153 Å². The molecule has 6 nitrogen and oxygen atoms in total. The van der Waals surface area contributed by atoms with E-state index in [1.807, 2.05) is 0 Å². The predicted octanol–water partition coefficient (Wildman–Crippen LogP) is 2.70. The number of carbonyl (C=O) groups is 3. The van der Waals surface area contributed by atoms with Gasteiger partial charge < -0.3 is 5.32 Å². The Hall–Kier alpha value is -2.44. The number of amides is 3. The SMILES string of the molecule is CCCC[C@H](CC)CNC(=O)CCC(=O)NNC(=O)c1cccc(F)c1. The first-order valence-electron chi connectivity index (χ1n) is 9.07. The van der Waals surface area contributed by atoms with E-state index in [0.717, 1.165) is 31.7 Å². The first-order chi connectivity index (χ1) is 12.5. The molecule has 1 atom stereocenters. The molecule has 7 heteroatoms. The number of hydrogen-bond donors (Lipinski definition) is 3. The van der Waals surface area contributed by atoms with E-state index >= 15 is 0 Å². The van der Waals surface area contributed by atoms with Crippen LogP contribution in [0.25, 0.3) is 0 Å². The van der Waals surface area contributed by atoms with Crippen LogP contribution in [0.3, 0.4) is 0 Å². The van der Waals surface area contributed by atoms with Crippen molar-refractivity contribution in [2.24, 2.45) is 5.92 Å². The molecule has 0 aliphatic heterocycles. The third-order valence-corrected chi connectivity index (χ3v) is 4.11. The van der Waals surface area contributed by atoms with Gasteiger partial charge in [-0.15, -0.1) is 0 Å². The van der Waals surface area contributed by atoms with Crippen molar-refractivity contribution >= 4 is 17.7 Å². The van der Waals surface area contributed by atoms with Gasteiger partial charge in [0.25, 0.3) is 5.91 Å². The van der Waals surface area contributed by atoms with E-state index in [0.29, 0.717) is 12.5 Å². The summed E-state index contributed by atoms with van der Waals surface area (Å²) < 4.78 is 13.0. The van der Waals surface area contributed by atoms with Gasteiger partial charge in [0, 0.05) is 24.9 Å². The standard InChI is InChI=1S/C19H28FN3O3/c1-3-5-7-14(4-2)13-21-17(24)10-11-18(25)22-23-19(26)15-8-6-9-16(20)12-15/h6,8-9,12,14H,3-5,7,10-11,13H2,1-2H3,(H,21,24)(H,22,25)(H,23,26)/t14-/m0/s1. The lowest BCUT2D eigenvalue weighted by atomic mass is 9.99. The molecule has 1 aromatic carbocycles. The Morgan fingerprint density at radius 3 is 2.46 bits per heavy atom. The summed E-state index contributed by atoms with van der Waals surface area (Å²) in [6, 6.07) is 5.12. The Kier molecular flexibility index (Phi) is 9.97. The summed E-state index contributed by atoms with van der Waals surface area (Å²) in [6.45, 7) is 4.85. The van der Waals surface area contributed by atoms with Gasteiger partial charge in [-0.05, 0) is 30.5 Å². The lowest BCUT2D eigenvalue weighted by molar-refractivity contribution is -0.126. The molecule has 0 bridgehead atoms. The monoisotopic (exact) mass is 365 g/mol. The molecule has 3 N–H and O–H groups in total. The van der Waals surface area contributed by atoms with E-state index in [-0.39, 0.29) is 24.3 Å². The average Bonchev–Trinajstić information content (AvgIpc) is 2.64. The lowest BCUT2D eigenvalue weighted by Crippen LogP contribution is -2.42. The maximum Gasteiger partial charge on any atom is 0.269 e. The second kappa shape index (κ2) is 12.0. The minimum atomic E-state index is -0.621. The number of carbonyl (C=O) groups excluding carboxylic acids is 3. The van der Waals surface area contributed by atoms with Gasteiger partial charge in [0.1, 0.15) is 5.82 Å². The first kappa shape index (κ1) is 21.6. The van der Waals surface area contributed by atoms with Gasteiger partial charge in [-0.25, -0.2) is 4.39 Å². The number of benzene rings is 1. The van der Waals surface area contributed by atoms with E-state index < -0.39 is 17.6 Å². The van der Waals surface area contributed by atoms with Crippen molar-refractivity contribution in [3.05, 3.63) is 35.6 Å². The molecule has 0 aliphatic carbocycles. The molecule has 1 rings (SSSR count). The van der Waals surface area contributed by atoms with Crippen molar-refractivity contribution in [1.82, 2.24) is 16.2 Å². The molecule has 144 valence electrons. The molecule has 3 amide bonds. The van der Waals surface area contributed by atoms with E-state index in [9.17, 15) is 18.8 Å². The summed E-state index contributed by atoms with van der Waals surface area (Å²) in [4.78, 5) is 35.3. The van der Waals surface area contributed by atoms with E-state index in [4.69, 9.17) is 0 Å². The van der Waals surface area contributed by atoms with Crippen LogP contribution in [0, 0.1) is 11.7 Å². The maximum atomic E-state index is 13.0. The summed E-state index contributed by atoms with van der Waals surface area (Å²) >= 11 is 0. The zero-order chi connectivity index (χ0) is 19.4. The van der Waals surface area contributed by atoms with Crippen molar-refractivity contribution in [2.45, 2.75) is 52.4 Å². The van der Waals surface area contributed by atoms with E-state index in [1.54, 1.807) is 0 Å². The Morgan fingerprint density at radius 1 is 1.08 bits per heavy atom. The van der Waals surface area contributed by atoms with Gasteiger partial charge in [0.05, 0.1) is 0 Å². The van der Waals surface area contributed by atoms with Crippen molar-refractivity contribution in [1.29, 1.82) is 0 Å². The fourth-order valence-electron chi connectivity index (χ4n) is 2.41. The number of nitrogens with one attached hydrogen (secondary N) is 3. The van der Waals surface area contributed by atoms with Crippen LogP contribution < -0.4 is 16.2 Å². The van der Waals surface area contributed by atoms with Crippen LogP contribution in [0.5, 0.6) is 0 Å². The Balaban J connectivity index is 2.24. The minimum absolute atomic E-state index is 0.0407. The zero-order valence-corrected chi connectivity index (χ0v) is 15.4. The highest BCUT2D eigenvalue weighted by atomic mass is 19.1. The van der Waals surface area contributed by atoms with Gasteiger partial charge in [-0.2, -0.15) is 0 Å². The smallest absolute Gasteiger partial charge is 0.269 e. The molecule has 0 radical (unpaired) electrons. The quantitative estimate of drug-likeness (QED) is 0.557. The highest BCUT2D eigenvalue weighted by Crippen LogP contribution is 2.11. The molecule has 0 aliphatic rings. The Morgan fingerprint density at radius 2 is 1.81 bits per heavy atom. The largest absolute Gasteiger partial charge is 0.356 e. The average molecular weight is 365 g/mol. The third-order valence-electron chi connectivity index (χ3n) is 4.11. The van der Waals surface area contributed by atoms with Gasteiger partial charge in [0.15, 0.2) is 0 Å². The van der Waals surface area contributed by atoms with Crippen molar-refractivity contribution in [2.75, 3.05) is 6.54 Å². The van der Waals surface area contributed by atoms with E-state index in [2.05, 4.69) is 30.0 Å². The number of halogens is 1. The number of hydrogen-bond acceptors (Lipinski definition) is 3. The molecule has 0 saturated carbocycles. The Bertz CT molecular complexity index is 607. The number of rotatable bonds is 10. The molecule has 0 heterocycles. The summed E-state index contributed by atoms with van der Waals surface area (Å²) in [6.07, 6.45) is 4.37. The molecule has 0 aromatic heterocycles. The summed E-state index contributed by atoms with van der Waals surface area (Å²) in [5, 5.41) is 2.85. The molecule has 0 fully saturated rings. The normalized spacial score (nSPS) is 11.5. The fraction of sp³-hybridized carbons (Fsp3) is 0.526. The van der Waals surface area contributed by atoms with Gasteiger partial charge >= 0.3 is 0 Å². The molecular formula is C19H28FN3O3. The fourth-order valence-corrected chi connectivity index (χ4v) is 2.41. The van der Waals surface area contributed by atoms with Crippen LogP contribution in [0.4, 0.5) is 4.39 Å². The summed E-state index contributed by atoms with van der Waals surface area (Å²) in [5.41, 5.74) is 4.51. The molecular weight excluding hydrogens is 337 g/mol. The van der Waals surface area contributed by atoms with E-state index in [1.165, 1.54) is 18.2 Å². The second-order valence-electron chi connectivity index (χ2n) is 6.23. The minimum Gasteiger partial charge on any atom is -0.356 e. The van der Waals surface area contributed by atoms with Crippen molar-refractivity contribution < 1.29 is 18.8 Å². The van der Waals surface area contributed by atoms with Gasteiger partial charge in [0.2, 0.25) is 11.8 Å². The van der Waals surface area contributed by atoms with Gasteiger partial charge in [-0.1, -0.05) is 39.2 Å². The lowest BCUT2D eigenvalue weighted by Gasteiger charge is -2.15. The van der Waals surface area contributed by atoms with Crippen LogP contribution in [-0.2, 0) is 9.59 Å². The second-order valence-corrected chi connectivity index (χ2v) is 6.23. The molecule has 0 unspecified atom stereocenters. The molecule has 0 spiro atoms. The third kappa shape index (κ3) is 8.60. The van der Waals surface area contributed by atoms with Crippen LogP contribution in [0.1, 0.15) is 62.7 Å². The van der Waals surface area contributed by atoms with Crippen molar-refractivity contribution in [3.8, 4) is 0 Å². The number of hydrazine groups is 1. The highest BCUT2D eigenvalue weighted by molar-refractivity contribution is 5.95. The van der Waals surface area contributed by atoms with Gasteiger partial charge in [-0.3, -0.25) is 25.2 Å².